The van der Waals surface area contributed by atoms with Crippen molar-refractivity contribution in [1.29, 1.82) is 0 Å². The number of para-hydroxylation sites is 1. The highest BCUT2D eigenvalue weighted by Crippen LogP contribution is 2.29. The molecule has 0 bridgehead atoms. The monoisotopic (exact) mass is 624 g/mol. The van der Waals surface area contributed by atoms with Crippen LogP contribution in [0.15, 0.2) is 103 Å². The van der Waals surface area contributed by atoms with Crippen LogP contribution in [0.4, 0.5) is 5.69 Å². The number of amides is 2. The van der Waals surface area contributed by atoms with Gasteiger partial charge in [-0.25, -0.2) is 9.48 Å². The van der Waals surface area contributed by atoms with Gasteiger partial charge in [-0.15, -0.1) is 5.10 Å². The number of anilines is 1. The molecule has 2 aromatic heterocycles. The number of rotatable bonds is 7. The van der Waals surface area contributed by atoms with Gasteiger partial charge in [0.15, 0.2) is 0 Å². The Hall–Kier alpha value is -6.03. The molecule has 0 fully saturated rings. The summed E-state index contributed by atoms with van der Waals surface area (Å²) >= 11 is 0. The number of hydrogen-bond donors (Lipinski definition) is 2. The molecule has 2 amide bonds. The molecule has 3 heterocycles. The third-order valence-electron chi connectivity index (χ3n) is 8.49. The van der Waals surface area contributed by atoms with Crippen LogP contribution in [0.3, 0.4) is 0 Å². The fourth-order valence-corrected chi connectivity index (χ4v) is 6.09. The van der Waals surface area contributed by atoms with Crippen LogP contribution in [0.5, 0.6) is 0 Å². The lowest BCUT2D eigenvalue weighted by Gasteiger charge is -2.17. The van der Waals surface area contributed by atoms with Gasteiger partial charge in [0.05, 0.1) is 36.7 Å². The summed E-state index contributed by atoms with van der Waals surface area (Å²) in [6.07, 6.45) is 2.68. The quantitative estimate of drug-likeness (QED) is 0.220. The van der Waals surface area contributed by atoms with E-state index in [0.29, 0.717) is 41.9 Å². The first-order valence-electron chi connectivity index (χ1n) is 15.4. The van der Waals surface area contributed by atoms with E-state index in [4.69, 9.17) is 4.74 Å². The van der Waals surface area contributed by atoms with Crippen molar-refractivity contribution in [1.82, 2.24) is 24.9 Å². The van der Waals surface area contributed by atoms with Gasteiger partial charge in [0.25, 0.3) is 5.91 Å². The number of nitrogens with one attached hydrogen (secondary N) is 2. The molecule has 1 aliphatic rings. The number of esters is 1. The van der Waals surface area contributed by atoms with Gasteiger partial charge in [-0.1, -0.05) is 59.8 Å². The van der Waals surface area contributed by atoms with Crippen LogP contribution < -0.4 is 10.6 Å². The third kappa shape index (κ3) is 5.88. The summed E-state index contributed by atoms with van der Waals surface area (Å²) in [7, 11) is 1.33. The second kappa shape index (κ2) is 12.4. The van der Waals surface area contributed by atoms with Crippen molar-refractivity contribution < 1.29 is 19.1 Å². The Balaban J connectivity index is 1.14. The molecule has 1 unspecified atom stereocenters. The molecule has 1 atom stereocenters. The number of fused-ring (bicyclic) bond motifs is 2. The first kappa shape index (κ1) is 29.7. The first-order valence-corrected chi connectivity index (χ1v) is 15.4. The van der Waals surface area contributed by atoms with Crippen molar-refractivity contribution in [3.8, 4) is 16.9 Å². The number of benzene rings is 4. The number of nitrogens with zero attached hydrogens (tertiary/aromatic N) is 4. The lowest BCUT2D eigenvalue weighted by atomic mass is 10.0. The number of aryl methyl sites for hydroxylation is 2. The number of carbonyl (C=O) groups is 3. The fraction of sp³-hybridized carbons (Fsp3) is 0.162. The minimum absolute atomic E-state index is 0.326. The zero-order valence-electron chi connectivity index (χ0n) is 25.9. The van der Waals surface area contributed by atoms with E-state index >= 15 is 0 Å². The number of aromatic nitrogens is 4. The van der Waals surface area contributed by atoms with E-state index in [1.54, 1.807) is 28.9 Å². The summed E-state index contributed by atoms with van der Waals surface area (Å²) in [5.41, 5.74) is 7.66. The smallest absolute Gasteiger partial charge is 0.337 e. The molecule has 0 saturated heterocycles. The molecule has 7 rings (SSSR count). The van der Waals surface area contributed by atoms with Crippen LogP contribution in [-0.2, 0) is 22.5 Å². The van der Waals surface area contributed by atoms with E-state index in [-0.39, 0.29) is 5.91 Å². The van der Waals surface area contributed by atoms with Gasteiger partial charge in [0, 0.05) is 22.3 Å². The van der Waals surface area contributed by atoms with Gasteiger partial charge in [0.2, 0.25) is 5.91 Å². The van der Waals surface area contributed by atoms with Crippen molar-refractivity contribution >= 4 is 34.4 Å². The normalized spacial score (nSPS) is 14.3. The Labute approximate surface area is 271 Å². The van der Waals surface area contributed by atoms with Gasteiger partial charge in [-0.2, -0.15) is 0 Å². The van der Waals surface area contributed by atoms with Gasteiger partial charge in [-0.3, -0.25) is 9.59 Å². The number of hydrogen-bond acceptors (Lipinski definition) is 6. The van der Waals surface area contributed by atoms with E-state index in [9.17, 15) is 14.4 Å². The third-order valence-corrected chi connectivity index (χ3v) is 8.49. The average molecular weight is 625 g/mol. The molecule has 2 N–H and O–H groups in total. The molecular formula is C37H32N6O4. The number of methoxy groups -OCH3 is 1. The Bertz CT molecular complexity index is 2150. The van der Waals surface area contributed by atoms with Gasteiger partial charge < -0.3 is 19.9 Å². The van der Waals surface area contributed by atoms with E-state index in [1.165, 1.54) is 7.11 Å². The molecule has 0 spiro atoms. The summed E-state index contributed by atoms with van der Waals surface area (Å²) < 4.78 is 8.67. The topological polar surface area (TPSA) is 120 Å². The van der Waals surface area contributed by atoms with Crippen LogP contribution >= 0.6 is 0 Å². The molecule has 0 radical (unpaired) electrons. The Morgan fingerprint density at radius 3 is 2.62 bits per heavy atom. The predicted molar refractivity (Wildman–Crippen MR) is 179 cm³/mol. The summed E-state index contributed by atoms with van der Waals surface area (Å²) in [6.45, 7) is 2.42. The molecule has 10 heteroatoms. The molecule has 47 heavy (non-hydrogen) atoms. The Morgan fingerprint density at radius 1 is 0.979 bits per heavy atom. The maximum Gasteiger partial charge on any atom is 0.337 e. The van der Waals surface area contributed by atoms with Crippen molar-refractivity contribution in [3.63, 3.8) is 0 Å². The van der Waals surface area contributed by atoms with Crippen LogP contribution in [0.25, 0.3) is 27.8 Å². The minimum Gasteiger partial charge on any atom is -0.465 e. The zero-order chi connectivity index (χ0) is 32.5. The zero-order valence-corrected chi connectivity index (χ0v) is 25.9. The maximum atomic E-state index is 13.7. The number of ether oxygens (including phenoxy) is 1. The first-order chi connectivity index (χ1) is 22.9. The van der Waals surface area contributed by atoms with E-state index in [0.717, 1.165) is 39.0 Å². The second-order valence-electron chi connectivity index (χ2n) is 11.6. The van der Waals surface area contributed by atoms with Crippen LogP contribution in [-0.4, -0.2) is 50.5 Å². The molecule has 1 aliphatic heterocycles. The highest BCUT2D eigenvalue weighted by molar-refractivity contribution is 6.03. The predicted octanol–water partition coefficient (Wildman–Crippen LogP) is 5.72. The molecule has 234 valence electrons. The van der Waals surface area contributed by atoms with Gasteiger partial charge in [0.1, 0.15) is 11.7 Å². The standard InChI is InChI=1S/C37H32N6O4/c1-23-12-15-29(35(44)39-31-17-13-25-19-27(37(46)47-2)14-16-30(25)38-36(31)45)34(18-23)43-22-28(40-41-43)21-42-32-11-7-6-10-26(32)20-33(42)24-8-4-3-5-9-24/h3-12,14-16,18-20,22,31H,13,17,21H2,1-2H3,(H,38,45)(H,39,44). The Kier molecular flexibility index (Phi) is 7.83. The maximum absolute atomic E-state index is 13.7. The number of carbonyl (C=O) groups excluding carboxylic acids is 3. The highest BCUT2D eigenvalue weighted by Gasteiger charge is 2.27. The summed E-state index contributed by atoms with van der Waals surface area (Å²) in [6, 6.07) is 30.3. The largest absolute Gasteiger partial charge is 0.465 e. The summed E-state index contributed by atoms with van der Waals surface area (Å²) in [4.78, 5) is 38.9. The molecular weight excluding hydrogens is 592 g/mol. The van der Waals surface area contributed by atoms with Crippen LogP contribution in [0, 0.1) is 6.92 Å². The lowest BCUT2D eigenvalue weighted by Crippen LogP contribution is -2.43. The molecule has 10 nitrogen and oxygen atoms in total. The van der Waals surface area contributed by atoms with Crippen LogP contribution in [0.2, 0.25) is 0 Å². The van der Waals surface area contributed by atoms with E-state index < -0.39 is 17.9 Å². The van der Waals surface area contributed by atoms with Crippen LogP contribution in [0.1, 0.15) is 44.0 Å². The van der Waals surface area contributed by atoms with Gasteiger partial charge in [-0.05, 0) is 78.9 Å². The fourth-order valence-electron chi connectivity index (χ4n) is 6.09. The van der Waals surface area contributed by atoms with Crippen molar-refractivity contribution in [2.24, 2.45) is 0 Å². The molecule has 0 saturated carbocycles. The second-order valence-corrected chi connectivity index (χ2v) is 11.6. The lowest BCUT2D eigenvalue weighted by molar-refractivity contribution is -0.118. The minimum atomic E-state index is -0.782. The average Bonchev–Trinajstić information content (AvgIpc) is 3.68. The summed E-state index contributed by atoms with van der Waals surface area (Å²) in [5, 5.41) is 15.9. The molecule has 6 aromatic rings. The van der Waals surface area contributed by atoms with Gasteiger partial charge >= 0.3 is 5.97 Å². The molecule has 0 aliphatic carbocycles. The SMILES string of the molecule is COC(=O)c1ccc2c(c1)CCC(NC(=O)c1ccc(C)cc1-n1cc(Cn3c(-c4ccccc4)cc4ccccc43)nn1)C(=O)N2. The Morgan fingerprint density at radius 2 is 1.79 bits per heavy atom. The van der Waals surface area contributed by atoms with Crippen molar-refractivity contribution in [2.45, 2.75) is 32.4 Å². The molecule has 4 aromatic carbocycles. The van der Waals surface area contributed by atoms with E-state index in [1.807, 2.05) is 55.6 Å². The van der Waals surface area contributed by atoms with Crippen molar-refractivity contribution in [3.05, 3.63) is 131 Å². The highest BCUT2D eigenvalue weighted by atomic mass is 16.5. The van der Waals surface area contributed by atoms with E-state index in [2.05, 4.69) is 55.8 Å². The summed E-state index contributed by atoms with van der Waals surface area (Å²) in [5.74, 6) is -1.18. The van der Waals surface area contributed by atoms with Crippen molar-refractivity contribution in [2.75, 3.05) is 12.4 Å².